The quantitative estimate of drug-likeness (QED) is 0.678. The van der Waals surface area contributed by atoms with Gasteiger partial charge in [0.15, 0.2) is 5.78 Å². The molecule has 0 radical (unpaired) electrons. The average Bonchev–Trinajstić information content (AvgIpc) is 2.37. The van der Waals surface area contributed by atoms with E-state index in [4.69, 9.17) is 9.29 Å². The zero-order valence-corrected chi connectivity index (χ0v) is 11.5. The van der Waals surface area contributed by atoms with Crippen LogP contribution in [0.3, 0.4) is 0 Å². The van der Waals surface area contributed by atoms with Gasteiger partial charge in [0.1, 0.15) is 23.1 Å². The van der Waals surface area contributed by atoms with Gasteiger partial charge in [-0.2, -0.15) is 8.42 Å². The molecular formula is C14H11FO5S. The third-order valence-electron chi connectivity index (χ3n) is 2.50. The van der Waals surface area contributed by atoms with Crippen molar-refractivity contribution in [1.29, 1.82) is 0 Å². The topological polar surface area (TPSA) is 80.7 Å². The molecule has 0 saturated carbocycles. The summed E-state index contributed by atoms with van der Waals surface area (Å²) in [6.45, 7) is 0. The van der Waals surface area contributed by atoms with Crippen molar-refractivity contribution in [3.63, 3.8) is 0 Å². The summed E-state index contributed by atoms with van der Waals surface area (Å²) in [5.41, 5.74) is 0.0709. The first-order chi connectivity index (χ1) is 9.83. The normalized spacial score (nSPS) is 11.1. The number of halogens is 1. The minimum absolute atomic E-state index is 0.0709. The van der Waals surface area contributed by atoms with Crippen molar-refractivity contribution in [2.45, 2.75) is 0 Å². The van der Waals surface area contributed by atoms with Crippen LogP contribution in [-0.2, 0) is 10.1 Å². The van der Waals surface area contributed by atoms with E-state index in [-0.39, 0.29) is 17.1 Å². The Morgan fingerprint density at radius 3 is 2.33 bits per heavy atom. The molecule has 0 amide bonds. The van der Waals surface area contributed by atoms with Gasteiger partial charge in [-0.25, -0.2) is 4.39 Å². The molecule has 1 N–H and O–H groups in total. The number of hydrogen-bond acceptors (Lipinski definition) is 4. The molecule has 2 aromatic rings. The van der Waals surface area contributed by atoms with Crippen LogP contribution in [0.4, 0.5) is 4.39 Å². The first-order valence-electron chi connectivity index (χ1n) is 5.85. The fourth-order valence-electron chi connectivity index (χ4n) is 1.65. The highest BCUT2D eigenvalue weighted by atomic mass is 32.2. The molecule has 7 heteroatoms. The number of ketones is 1. The Hall–Kier alpha value is -2.25. The van der Waals surface area contributed by atoms with E-state index in [9.17, 15) is 17.6 Å². The summed E-state index contributed by atoms with van der Waals surface area (Å²) in [6.07, 6.45) is 0. The standard InChI is InChI=1S/C14H11FO5S/c15-11-4-2-6-13(8-11)20-12-5-1-3-10(7-12)14(16)9-21(17,18)19/h1-8H,9H2,(H,17,18,19). The highest BCUT2D eigenvalue weighted by Gasteiger charge is 2.15. The molecular weight excluding hydrogens is 299 g/mol. The number of ether oxygens (including phenoxy) is 1. The molecule has 0 atom stereocenters. The maximum atomic E-state index is 13.0. The molecule has 2 aromatic carbocycles. The van der Waals surface area contributed by atoms with Crippen LogP contribution < -0.4 is 4.74 Å². The molecule has 0 unspecified atom stereocenters. The monoisotopic (exact) mass is 310 g/mol. The Balaban J connectivity index is 2.20. The second kappa shape index (κ2) is 6.02. The van der Waals surface area contributed by atoms with Gasteiger partial charge in [-0.15, -0.1) is 0 Å². The molecule has 5 nitrogen and oxygen atoms in total. The second-order valence-electron chi connectivity index (χ2n) is 4.24. The van der Waals surface area contributed by atoms with E-state index in [0.717, 1.165) is 0 Å². The predicted molar refractivity (Wildman–Crippen MR) is 73.7 cm³/mol. The van der Waals surface area contributed by atoms with E-state index in [1.54, 1.807) is 0 Å². The number of hydrogen-bond donors (Lipinski definition) is 1. The summed E-state index contributed by atoms with van der Waals surface area (Å²) >= 11 is 0. The predicted octanol–water partition coefficient (Wildman–Crippen LogP) is 2.69. The zero-order chi connectivity index (χ0) is 15.5. The Morgan fingerprint density at radius 1 is 1.10 bits per heavy atom. The van der Waals surface area contributed by atoms with Crippen LogP contribution in [0.1, 0.15) is 10.4 Å². The maximum Gasteiger partial charge on any atom is 0.272 e. The number of rotatable bonds is 5. The highest BCUT2D eigenvalue weighted by Crippen LogP contribution is 2.23. The van der Waals surface area contributed by atoms with Crippen LogP contribution in [-0.4, -0.2) is 24.5 Å². The fraction of sp³-hybridized carbons (Fsp3) is 0.0714. The van der Waals surface area contributed by atoms with E-state index in [0.29, 0.717) is 0 Å². The van der Waals surface area contributed by atoms with Gasteiger partial charge in [-0.1, -0.05) is 18.2 Å². The number of carbonyl (C=O) groups excluding carboxylic acids is 1. The second-order valence-corrected chi connectivity index (χ2v) is 5.69. The van der Waals surface area contributed by atoms with Crippen LogP contribution in [0.15, 0.2) is 48.5 Å². The van der Waals surface area contributed by atoms with Crippen molar-refractivity contribution in [2.75, 3.05) is 5.75 Å². The summed E-state index contributed by atoms with van der Waals surface area (Å²) in [6, 6.07) is 11.2. The van der Waals surface area contributed by atoms with Crippen LogP contribution >= 0.6 is 0 Å². The van der Waals surface area contributed by atoms with Crippen molar-refractivity contribution >= 4 is 15.9 Å². The van der Waals surface area contributed by atoms with Crippen LogP contribution in [0.25, 0.3) is 0 Å². The Labute approximate surface area is 120 Å². The fourth-order valence-corrected chi connectivity index (χ4v) is 2.15. The van der Waals surface area contributed by atoms with E-state index >= 15 is 0 Å². The van der Waals surface area contributed by atoms with Crippen molar-refractivity contribution < 1.29 is 26.9 Å². The van der Waals surface area contributed by atoms with E-state index in [2.05, 4.69) is 0 Å². The number of Topliss-reactive ketones (excluding diaryl/α,β-unsaturated/α-hetero) is 1. The first-order valence-corrected chi connectivity index (χ1v) is 7.46. The molecule has 21 heavy (non-hydrogen) atoms. The van der Waals surface area contributed by atoms with Crippen LogP contribution in [0, 0.1) is 5.82 Å². The molecule has 2 rings (SSSR count). The van der Waals surface area contributed by atoms with Crippen LogP contribution in [0.5, 0.6) is 11.5 Å². The number of benzene rings is 2. The summed E-state index contributed by atoms with van der Waals surface area (Å²) in [5.74, 6) is -1.74. The minimum atomic E-state index is -4.39. The lowest BCUT2D eigenvalue weighted by molar-refractivity contribution is 0.101. The third-order valence-corrected chi connectivity index (χ3v) is 3.13. The average molecular weight is 310 g/mol. The van der Waals surface area contributed by atoms with Crippen LogP contribution in [0.2, 0.25) is 0 Å². The smallest absolute Gasteiger partial charge is 0.272 e. The van der Waals surface area contributed by atoms with E-state index < -0.39 is 27.5 Å². The first kappa shape index (κ1) is 15.1. The summed E-state index contributed by atoms with van der Waals surface area (Å²) in [4.78, 5) is 11.7. The summed E-state index contributed by atoms with van der Waals surface area (Å²) < 4.78 is 48.5. The van der Waals surface area contributed by atoms with Gasteiger partial charge in [0.25, 0.3) is 10.1 Å². The lowest BCUT2D eigenvalue weighted by Gasteiger charge is -2.07. The van der Waals surface area contributed by atoms with E-state index in [1.807, 2.05) is 0 Å². The lowest BCUT2D eigenvalue weighted by atomic mass is 10.1. The molecule has 0 aliphatic heterocycles. The van der Waals surface area contributed by atoms with Gasteiger partial charge in [0.05, 0.1) is 0 Å². The SMILES string of the molecule is O=C(CS(=O)(=O)O)c1cccc(Oc2cccc(F)c2)c1. The molecule has 0 aliphatic rings. The van der Waals surface area contributed by atoms with E-state index in [1.165, 1.54) is 48.5 Å². The van der Waals surface area contributed by atoms with Crippen molar-refractivity contribution in [1.82, 2.24) is 0 Å². The van der Waals surface area contributed by atoms with Gasteiger partial charge in [-0.05, 0) is 24.3 Å². The minimum Gasteiger partial charge on any atom is -0.457 e. The molecule has 0 fully saturated rings. The summed E-state index contributed by atoms with van der Waals surface area (Å²) in [7, 11) is -4.39. The molecule has 0 saturated heterocycles. The van der Waals surface area contributed by atoms with Crippen molar-refractivity contribution in [3.8, 4) is 11.5 Å². The van der Waals surface area contributed by atoms with Gasteiger partial charge < -0.3 is 4.74 Å². The Bertz CT molecular complexity index is 770. The highest BCUT2D eigenvalue weighted by molar-refractivity contribution is 7.86. The Kier molecular flexibility index (Phi) is 4.35. The molecule has 110 valence electrons. The molecule has 0 spiro atoms. The van der Waals surface area contributed by atoms with Gasteiger partial charge in [0.2, 0.25) is 0 Å². The molecule has 0 bridgehead atoms. The third kappa shape index (κ3) is 4.66. The van der Waals surface area contributed by atoms with Gasteiger partial charge in [0, 0.05) is 11.6 Å². The Morgan fingerprint density at radius 2 is 1.71 bits per heavy atom. The molecule has 0 aromatic heterocycles. The largest absolute Gasteiger partial charge is 0.457 e. The molecule has 0 heterocycles. The van der Waals surface area contributed by atoms with Crippen molar-refractivity contribution in [2.24, 2.45) is 0 Å². The zero-order valence-electron chi connectivity index (χ0n) is 10.7. The van der Waals surface area contributed by atoms with Gasteiger partial charge in [-0.3, -0.25) is 9.35 Å². The maximum absolute atomic E-state index is 13.0. The summed E-state index contributed by atoms with van der Waals surface area (Å²) in [5, 5.41) is 0. The molecule has 0 aliphatic carbocycles. The lowest BCUT2D eigenvalue weighted by Crippen LogP contribution is -2.14. The van der Waals surface area contributed by atoms with Gasteiger partial charge >= 0.3 is 0 Å². The number of carbonyl (C=O) groups is 1. The van der Waals surface area contributed by atoms with Crippen molar-refractivity contribution in [3.05, 3.63) is 59.9 Å².